The molecular weight excluding hydrogens is 254 g/mol. The van der Waals surface area contributed by atoms with Gasteiger partial charge in [-0.1, -0.05) is 12.1 Å². The molecule has 1 saturated heterocycles. The number of para-hydroxylation sites is 1. The van der Waals surface area contributed by atoms with Gasteiger partial charge in [0.25, 0.3) is 0 Å². The molecule has 1 fully saturated rings. The Morgan fingerprint density at radius 1 is 1.40 bits per heavy atom. The number of benzene rings is 1. The van der Waals surface area contributed by atoms with Crippen molar-refractivity contribution in [3.8, 4) is 0 Å². The molecule has 1 aromatic carbocycles. The minimum Gasteiger partial charge on any atom is -0.464 e. The van der Waals surface area contributed by atoms with Gasteiger partial charge in [0, 0.05) is 11.9 Å². The molecule has 2 aromatic rings. The van der Waals surface area contributed by atoms with Gasteiger partial charge in [0.1, 0.15) is 18.2 Å². The lowest BCUT2D eigenvalue weighted by atomic mass is 10.2. The van der Waals surface area contributed by atoms with Crippen molar-refractivity contribution in [1.82, 2.24) is 9.97 Å². The second-order valence-electron chi connectivity index (χ2n) is 4.82. The van der Waals surface area contributed by atoms with Crippen LogP contribution >= 0.6 is 0 Å². The summed E-state index contributed by atoms with van der Waals surface area (Å²) in [6, 6.07) is 7.63. The van der Waals surface area contributed by atoms with Crippen LogP contribution < -0.4 is 4.90 Å². The van der Waals surface area contributed by atoms with Crippen LogP contribution in [0.2, 0.25) is 0 Å². The molecule has 1 aliphatic rings. The number of fused-ring (bicyclic) bond motifs is 1. The van der Waals surface area contributed by atoms with Gasteiger partial charge in [-0.2, -0.15) is 0 Å². The van der Waals surface area contributed by atoms with Crippen molar-refractivity contribution >= 4 is 22.7 Å². The average molecular weight is 271 g/mol. The van der Waals surface area contributed by atoms with Gasteiger partial charge >= 0.3 is 5.97 Å². The third-order valence-electron chi connectivity index (χ3n) is 3.61. The fraction of sp³-hybridized carbons (Fsp3) is 0.400. The maximum atomic E-state index is 12.1. The van der Waals surface area contributed by atoms with Crippen molar-refractivity contribution in [3.05, 3.63) is 30.6 Å². The first-order chi connectivity index (χ1) is 9.81. The molecule has 3 rings (SSSR count). The van der Waals surface area contributed by atoms with Gasteiger partial charge < -0.3 is 9.64 Å². The quantitative estimate of drug-likeness (QED) is 0.801. The molecule has 1 unspecified atom stereocenters. The summed E-state index contributed by atoms with van der Waals surface area (Å²) >= 11 is 0. The van der Waals surface area contributed by atoms with E-state index in [9.17, 15) is 4.79 Å². The summed E-state index contributed by atoms with van der Waals surface area (Å²) < 4.78 is 5.17. The lowest BCUT2D eigenvalue weighted by molar-refractivity contribution is -0.144. The molecule has 1 aliphatic heterocycles. The molecule has 0 radical (unpaired) electrons. The topological polar surface area (TPSA) is 55.3 Å². The molecule has 0 N–H and O–H groups in total. The molecule has 0 spiro atoms. The molecular formula is C15H17N3O2. The summed E-state index contributed by atoms with van der Waals surface area (Å²) in [7, 11) is 0. The number of ether oxygens (including phenoxy) is 1. The van der Waals surface area contributed by atoms with Crippen LogP contribution in [0.1, 0.15) is 19.8 Å². The number of hydrogen-bond donors (Lipinski definition) is 0. The van der Waals surface area contributed by atoms with E-state index in [2.05, 4.69) is 9.97 Å². The normalized spacial score (nSPS) is 18.4. The number of anilines is 1. The second-order valence-corrected chi connectivity index (χ2v) is 4.82. The first kappa shape index (κ1) is 12.8. The van der Waals surface area contributed by atoms with Crippen LogP contribution in [-0.2, 0) is 9.53 Å². The third kappa shape index (κ3) is 2.19. The smallest absolute Gasteiger partial charge is 0.328 e. The van der Waals surface area contributed by atoms with Crippen LogP contribution in [0.4, 0.5) is 5.82 Å². The molecule has 2 heterocycles. The summed E-state index contributed by atoms with van der Waals surface area (Å²) in [5.41, 5.74) is 0.895. The fourth-order valence-corrected chi connectivity index (χ4v) is 2.72. The summed E-state index contributed by atoms with van der Waals surface area (Å²) in [6.45, 7) is 3.06. The zero-order chi connectivity index (χ0) is 13.9. The van der Waals surface area contributed by atoms with E-state index in [0.717, 1.165) is 36.1 Å². The highest BCUT2D eigenvalue weighted by Gasteiger charge is 2.33. The lowest BCUT2D eigenvalue weighted by Crippen LogP contribution is -2.38. The van der Waals surface area contributed by atoms with Crippen LogP contribution in [-0.4, -0.2) is 35.1 Å². The van der Waals surface area contributed by atoms with Crippen LogP contribution in [0.25, 0.3) is 10.9 Å². The molecule has 0 saturated carbocycles. The number of carbonyl (C=O) groups is 1. The van der Waals surface area contributed by atoms with Crippen molar-refractivity contribution in [1.29, 1.82) is 0 Å². The number of nitrogens with zero attached hydrogens (tertiary/aromatic N) is 3. The maximum Gasteiger partial charge on any atom is 0.328 e. The first-order valence-corrected chi connectivity index (χ1v) is 6.94. The van der Waals surface area contributed by atoms with Crippen LogP contribution in [0.3, 0.4) is 0 Å². The van der Waals surface area contributed by atoms with Gasteiger partial charge in [0.05, 0.1) is 12.1 Å². The molecule has 1 aromatic heterocycles. The van der Waals surface area contributed by atoms with Gasteiger partial charge in [-0.05, 0) is 31.9 Å². The lowest BCUT2D eigenvalue weighted by Gasteiger charge is -2.24. The molecule has 20 heavy (non-hydrogen) atoms. The summed E-state index contributed by atoms with van der Waals surface area (Å²) in [5, 5.41) is 0.978. The minimum atomic E-state index is -0.228. The summed E-state index contributed by atoms with van der Waals surface area (Å²) in [6.07, 6.45) is 3.34. The van der Waals surface area contributed by atoms with Crippen molar-refractivity contribution < 1.29 is 9.53 Å². The van der Waals surface area contributed by atoms with Crippen molar-refractivity contribution in [2.45, 2.75) is 25.8 Å². The molecule has 0 amide bonds. The van der Waals surface area contributed by atoms with E-state index in [1.807, 2.05) is 36.1 Å². The highest BCUT2D eigenvalue weighted by atomic mass is 16.5. The Morgan fingerprint density at radius 2 is 2.25 bits per heavy atom. The minimum absolute atomic E-state index is 0.160. The fourth-order valence-electron chi connectivity index (χ4n) is 2.72. The number of esters is 1. The zero-order valence-corrected chi connectivity index (χ0v) is 11.5. The van der Waals surface area contributed by atoms with Gasteiger partial charge in [0.15, 0.2) is 0 Å². The summed E-state index contributed by atoms with van der Waals surface area (Å²) in [4.78, 5) is 22.8. The first-order valence-electron chi connectivity index (χ1n) is 6.94. The molecule has 0 aliphatic carbocycles. The molecule has 5 heteroatoms. The Morgan fingerprint density at radius 3 is 3.10 bits per heavy atom. The Labute approximate surface area is 117 Å². The number of hydrogen-bond acceptors (Lipinski definition) is 5. The number of aromatic nitrogens is 2. The average Bonchev–Trinajstić information content (AvgIpc) is 2.96. The highest BCUT2D eigenvalue weighted by molar-refractivity contribution is 5.92. The highest BCUT2D eigenvalue weighted by Crippen LogP contribution is 2.29. The summed E-state index contributed by atoms with van der Waals surface area (Å²) in [5.74, 6) is 0.666. The van der Waals surface area contributed by atoms with E-state index >= 15 is 0 Å². The molecule has 0 bridgehead atoms. The van der Waals surface area contributed by atoms with E-state index in [4.69, 9.17) is 4.74 Å². The monoisotopic (exact) mass is 271 g/mol. The third-order valence-corrected chi connectivity index (χ3v) is 3.61. The van der Waals surface area contributed by atoms with E-state index in [1.54, 1.807) is 6.33 Å². The van der Waals surface area contributed by atoms with Gasteiger partial charge in [-0.25, -0.2) is 14.8 Å². The van der Waals surface area contributed by atoms with Crippen LogP contribution in [0.5, 0.6) is 0 Å². The molecule has 1 atom stereocenters. The Kier molecular flexibility index (Phi) is 3.50. The predicted octanol–water partition coefficient (Wildman–Crippen LogP) is 2.16. The Balaban J connectivity index is 1.99. The van der Waals surface area contributed by atoms with Crippen molar-refractivity contribution in [3.63, 3.8) is 0 Å². The molecule has 104 valence electrons. The zero-order valence-electron chi connectivity index (χ0n) is 11.5. The largest absolute Gasteiger partial charge is 0.464 e. The van der Waals surface area contributed by atoms with Crippen LogP contribution in [0.15, 0.2) is 30.6 Å². The van der Waals surface area contributed by atoms with Gasteiger partial charge in [-0.15, -0.1) is 0 Å². The Bertz CT molecular complexity index is 624. The van der Waals surface area contributed by atoms with Crippen LogP contribution in [0, 0.1) is 0 Å². The van der Waals surface area contributed by atoms with E-state index in [1.165, 1.54) is 0 Å². The van der Waals surface area contributed by atoms with Gasteiger partial charge in [-0.3, -0.25) is 0 Å². The standard InChI is InChI=1S/C15H17N3O2/c1-2-20-15(19)13-8-5-9-18(13)14-11-6-3-4-7-12(11)16-10-17-14/h3-4,6-7,10,13H,2,5,8-9H2,1H3. The number of carbonyl (C=O) groups excluding carboxylic acids is 1. The Hall–Kier alpha value is -2.17. The maximum absolute atomic E-state index is 12.1. The molecule has 5 nitrogen and oxygen atoms in total. The van der Waals surface area contributed by atoms with Gasteiger partial charge in [0.2, 0.25) is 0 Å². The van der Waals surface area contributed by atoms with E-state index in [0.29, 0.717) is 6.61 Å². The predicted molar refractivity (Wildman–Crippen MR) is 76.5 cm³/mol. The van der Waals surface area contributed by atoms with E-state index in [-0.39, 0.29) is 12.0 Å². The van der Waals surface area contributed by atoms with Crippen molar-refractivity contribution in [2.75, 3.05) is 18.1 Å². The van der Waals surface area contributed by atoms with E-state index < -0.39 is 0 Å². The van der Waals surface area contributed by atoms with Crippen molar-refractivity contribution in [2.24, 2.45) is 0 Å². The second kappa shape index (κ2) is 5.45. The number of rotatable bonds is 3. The SMILES string of the molecule is CCOC(=O)C1CCCN1c1ncnc2ccccc12.